The van der Waals surface area contributed by atoms with Gasteiger partial charge in [-0.05, 0) is 47.2 Å². The molecule has 9 heteroatoms. The molecule has 0 spiro atoms. The Hall–Kier alpha value is -3.82. The lowest BCUT2D eigenvalue weighted by atomic mass is 10.1. The van der Waals surface area contributed by atoms with Gasteiger partial charge in [0.1, 0.15) is 0 Å². The Morgan fingerprint density at radius 1 is 0.750 bits per heavy atom. The molecular formula is C23H15N3O4S2. The van der Waals surface area contributed by atoms with Crippen LogP contribution in [0.15, 0.2) is 98.9 Å². The van der Waals surface area contributed by atoms with Gasteiger partial charge in [0.2, 0.25) is 0 Å². The third-order valence-corrected chi connectivity index (χ3v) is 7.24. The standard InChI is InChI=1S/C23H15N3O4S2/c27-21-19-7-3-1-5-17(19)18-6-2-4-8-20(18)22(28)26(21)15-9-11-16(12-10-15)32(29,30)25-23-24-13-14-31-23/h1-14H,(H,24,25). The quantitative estimate of drug-likeness (QED) is 0.439. The van der Waals surface area contributed by atoms with Crippen LogP contribution in [-0.2, 0) is 10.0 Å². The van der Waals surface area contributed by atoms with Gasteiger partial charge in [-0.15, -0.1) is 11.3 Å². The van der Waals surface area contributed by atoms with E-state index in [0.717, 1.165) is 15.9 Å². The second kappa shape index (κ2) is 7.70. The third-order valence-electron chi connectivity index (χ3n) is 5.07. The van der Waals surface area contributed by atoms with E-state index in [1.807, 2.05) is 24.3 Å². The fraction of sp³-hybridized carbons (Fsp3) is 0. The van der Waals surface area contributed by atoms with E-state index in [4.69, 9.17) is 0 Å². The largest absolute Gasteiger partial charge is 0.268 e. The van der Waals surface area contributed by atoms with Crippen LogP contribution in [0.3, 0.4) is 0 Å². The van der Waals surface area contributed by atoms with E-state index in [0.29, 0.717) is 21.5 Å². The summed E-state index contributed by atoms with van der Waals surface area (Å²) in [5.74, 6) is 0. The Morgan fingerprint density at radius 3 is 1.78 bits per heavy atom. The molecule has 0 saturated carbocycles. The molecule has 32 heavy (non-hydrogen) atoms. The van der Waals surface area contributed by atoms with E-state index in [9.17, 15) is 18.0 Å². The van der Waals surface area contributed by atoms with Crippen LogP contribution < -0.4 is 15.8 Å². The van der Waals surface area contributed by atoms with Gasteiger partial charge < -0.3 is 0 Å². The average Bonchev–Trinajstić information content (AvgIpc) is 3.29. The molecule has 0 bridgehead atoms. The van der Waals surface area contributed by atoms with Crippen LogP contribution >= 0.6 is 11.3 Å². The first-order valence-corrected chi connectivity index (χ1v) is 11.9. The van der Waals surface area contributed by atoms with Crippen LogP contribution in [0.5, 0.6) is 0 Å². The minimum atomic E-state index is -3.85. The summed E-state index contributed by atoms with van der Waals surface area (Å²) in [7, 11) is -3.85. The van der Waals surface area contributed by atoms with Gasteiger partial charge in [0, 0.05) is 22.3 Å². The second-order valence-electron chi connectivity index (χ2n) is 6.97. The molecule has 158 valence electrons. The topological polar surface area (TPSA) is 98.1 Å². The molecule has 5 aromatic rings. The number of sulfonamides is 1. The van der Waals surface area contributed by atoms with Crippen molar-refractivity contribution in [2.24, 2.45) is 0 Å². The van der Waals surface area contributed by atoms with E-state index in [-0.39, 0.29) is 15.7 Å². The Morgan fingerprint density at radius 2 is 1.28 bits per heavy atom. The number of thiazole rings is 1. The van der Waals surface area contributed by atoms with Crippen LogP contribution in [0, 0.1) is 0 Å². The van der Waals surface area contributed by atoms with Crippen molar-refractivity contribution >= 4 is 48.0 Å². The fourth-order valence-electron chi connectivity index (χ4n) is 3.60. The lowest BCUT2D eigenvalue weighted by Crippen LogP contribution is -2.28. The summed E-state index contributed by atoms with van der Waals surface area (Å²) in [6.45, 7) is 0. The minimum absolute atomic E-state index is 0.00744. The molecule has 1 N–H and O–H groups in total. The van der Waals surface area contributed by atoms with Gasteiger partial charge in [-0.2, -0.15) is 0 Å². The highest BCUT2D eigenvalue weighted by molar-refractivity contribution is 7.93. The van der Waals surface area contributed by atoms with Crippen LogP contribution in [0.2, 0.25) is 0 Å². The molecule has 0 amide bonds. The van der Waals surface area contributed by atoms with Crippen molar-refractivity contribution in [1.29, 1.82) is 0 Å². The summed E-state index contributed by atoms with van der Waals surface area (Å²) in [5.41, 5.74) is -0.670. The molecule has 7 nitrogen and oxygen atoms in total. The number of aromatic nitrogens is 2. The number of benzene rings is 3. The molecule has 3 aromatic carbocycles. The fourth-order valence-corrected chi connectivity index (χ4v) is 5.39. The van der Waals surface area contributed by atoms with E-state index in [1.165, 1.54) is 30.5 Å². The Bertz CT molecular complexity index is 1620. The molecule has 0 fully saturated rings. The zero-order chi connectivity index (χ0) is 22.3. The number of nitrogens with zero attached hydrogens (tertiary/aromatic N) is 2. The maximum Gasteiger partial charge on any atom is 0.265 e. The van der Waals surface area contributed by atoms with E-state index in [1.54, 1.807) is 29.6 Å². The molecule has 0 saturated heterocycles. The monoisotopic (exact) mass is 461 g/mol. The molecular weight excluding hydrogens is 446 g/mol. The molecule has 0 aliphatic rings. The number of rotatable bonds is 4. The first-order valence-electron chi connectivity index (χ1n) is 9.55. The van der Waals surface area contributed by atoms with Crippen LogP contribution in [0.4, 0.5) is 5.13 Å². The normalized spacial score (nSPS) is 11.6. The summed E-state index contributed by atoms with van der Waals surface area (Å²) in [5, 5.41) is 4.06. The number of hydrogen-bond donors (Lipinski definition) is 1. The van der Waals surface area contributed by atoms with Crippen LogP contribution in [0.1, 0.15) is 0 Å². The first kappa shape index (κ1) is 20.1. The summed E-state index contributed by atoms with van der Waals surface area (Å²) < 4.78 is 28.7. The predicted molar refractivity (Wildman–Crippen MR) is 126 cm³/mol. The van der Waals surface area contributed by atoms with Crippen molar-refractivity contribution in [3.05, 3.63) is 105 Å². The van der Waals surface area contributed by atoms with Gasteiger partial charge in [-0.3, -0.25) is 14.3 Å². The average molecular weight is 462 g/mol. The minimum Gasteiger partial charge on any atom is -0.268 e. The lowest BCUT2D eigenvalue weighted by Gasteiger charge is -2.07. The van der Waals surface area contributed by atoms with Crippen LogP contribution in [0.25, 0.3) is 27.2 Å². The first-order chi connectivity index (χ1) is 15.5. The summed E-state index contributed by atoms with van der Waals surface area (Å²) in [6.07, 6.45) is 1.50. The van der Waals surface area contributed by atoms with Crippen LogP contribution in [-0.4, -0.2) is 18.0 Å². The lowest BCUT2D eigenvalue weighted by molar-refractivity contribution is 0.601. The number of nitrogens with one attached hydrogen (secondary N) is 1. The SMILES string of the molecule is O=c1c2ccccc2c2ccccc2c(=O)n1-c1ccc(S(=O)(=O)Nc2nccs2)cc1. The van der Waals surface area contributed by atoms with Gasteiger partial charge in [-0.1, -0.05) is 36.4 Å². The van der Waals surface area contributed by atoms with E-state index in [2.05, 4.69) is 9.71 Å². The van der Waals surface area contributed by atoms with Gasteiger partial charge >= 0.3 is 0 Å². The summed E-state index contributed by atoms with van der Waals surface area (Å²) >= 11 is 1.16. The van der Waals surface area contributed by atoms with Gasteiger partial charge in [0.15, 0.2) is 5.13 Å². The Balaban J connectivity index is 1.72. The molecule has 2 heterocycles. The highest BCUT2D eigenvalue weighted by Gasteiger charge is 2.17. The Labute approximate surface area is 186 Å². The van der Waals surface area contributed by atoms with Gasteiger partial charge in [-0.25, -0.2) is 18.0 Å². The molecule has 0 aliphatic carbocycles. The highest BCUT2D eigenvalue weighted by Crippen LogP contribution is 2.21. The van der Waals surface area contributed by atoms with Crippen molar-refractivity contribution in [2.75, 3.05) is 4.72 Å². The number of fused-ring (bicyclic) bond motifs is 3. The number of anilines is 1. The van der Waals surface area contributed by atoms with Crippen molar-refractivity contribution in [1.82, 2.24) is 9.55 Å². The third kappa shape index (κ3) is 3.37. The van der Waals surface area contributed by atoms with Crippen molar-refractivity contribution in [2.45, 2.75) is 4.90 Å². The molecule has 2 aromatic heterocycles. The summed E-state index contributed by atoms with van der Waals surface area (Å²) in [6, 6.07) is 19.7. The van der Waals surface area contributed by atoms with Crippen molar-refractivity contribution in [3.8, 4) is 5.69 Å². The zero-order valence-corrected chi connectivity index (χ0v) is 18.1. The maximum absolute atomic E-state index is 13.4. The molecule has 0 radical (unpaired) electrons. The summed E-state index contributed by atoms with van der Waals surface area (Å²) in [4.78, 5) is 30.7. The number of hydrogen-bond acceptors (Lipinski definition) is 6. The zero-order valence-electron chi connectivity index (χ0n) is 16.4. The van der Waals surface area contributed by atoms with Gasteiger partial charge in [0.25, 0.3) is 21.1 Å². The molecule has 5 rings (SSSR count). The van der Waals surface area contributed by atoms with E-state index < -0.39 is 21.1 Å². The van der Waals surface area contributed by atoms with E-state index >= 15 is 0 Å². The van der Waals surface area contributed by atoms with Crippen molar-refractivity contribution in [3.63, 3.8) is 0 Å². The smallest absolute Gasteiger partial charge is 0.265 e. The Kier molecular flexibility index (Phi) is 4.84. The highest BCUT2D eigenvalue weighted by atomic mass is 32.2. The molecule has 0 aliphatic heterocycles. The van der Waals surface area contributed by atoms with Crippen molar-refractivity contribution < 1.29 is 8.42 Å². The predicted octanol–water partition coefficient (Wildman–Crippen LogP) is 3.76. The molecule has 0 unspecified atom stereocenters. The second-order valence-corrected chi connectivity index (χ2v) is 9.55. The van der Waals surface area contributed by atoms with Gasteiger partial charge in [0.05, 0.1) is 10.6 Å². The maximum atomic E-state index is 13.4. The molecule has 0 atom stereocenters.